The fourth-order valence-electron chi connectivity index (χ4n) is 3.25. The molecule has 0 spiro atoms. The van der Waals surface area contributed by atoms with Gasteiger partial charge in [0.15, 0.2) is 6.54 Å². The lowest BCUT2D eigenvalue weighted by Crippen LogP contribution is -3.15. The number of carbonyl (C=O) groups excluding carboxylic acids is 1. The number of halogens is 1. The first kappa shape index (κ1) is 22.2. The highest BCUT2D eigenvalue weighted by molar-refractivity contribution is 7.89. The third kappa shape index (κ3) is 5.14. The second-order valence-electron chi connectivity index (χ2n) is 7.09. The van der Waals surface area contributed by atoms with Crippen LogP contribution >= 0.6 is 11.6 Å². The molecule has 0 atom stereocenters. The minimum Gasteiger partial charge on any atom is -0.325 e. The summed E-state index contributed by atoms with van der Waals surface area (Å²) in [5.41, 5.74) is 1.03. The molecule has 2 aromatic rings. The highest BCUT2D eigenvalue weighted by Crippen LogP contribution is 2.22. The highest BCUT2D eigenvalue weighted by Gasteiger charge is 2.31. The van der Waals surface area contributed by atoms with Crippen molar-refractivity contribution in [2.45, 2.75) is 11.8 Å². The first-order valence-corrected chi connectivity index (χ1v) is 11.1. The van der Waals surface area contributed by atoms with Gasteiger partial charge in [0.2, 0.25) is 10.0 Å². The third-order valence-corrected chi connectivity index (χ3v) is 7.16. The Balaban J connectivity index is 1.57. The van der Waals surface area contributed by atoms with Gasteiger partial charge < -0.3 is 10.2 Å². The number of nitrogens with one attached hydrogen (secondary N) is 2. The first-order chi connectivity index (χ1) is 14.2. The van der Waals surface area contributed by atoms with Crippen LogP contribution in [0.4, 0.5) is 11.4 Å². The Kier molecular flexibility index (Phi) is 6.71. The first-order valence-electron chi connectivity index (χ1n) is 9.31. The van der Waals surface area contributed by atoms with Gasteiger partial charge in [-0.1, -0.05) is 17.7 Å². The molecule has 1 amide bonds. The second-order valence-corrected chi connectivity index (χ2v) is 9.46. The number of anilines is 1. The predicted molar refractivity (Wildman–Crippen MR) is 112 cm³/mol. The van der Waals surface area contributed by atoms with Gasteiger partial charge >= 0.3 is 0 Å². The number of benzene rings is 2. The number of rotatable bonds is 6. The van der Waals surface area contributed by atoms with Crippen molar-refractivity contribution < 1.29 is 23.0 Å². The zero-order valence-electron chi connectivity index (χ0n) is 16.3. The summed E-state index contributed by atoms with van der Waals surface area (Å²) in [5, 5.41) is 14.1. The van der Waals surface area contributed by atoms with Gasteiger partial charge in [-0.05, 0) is 36.8 Å². The number of non-ortho nitro benzene ring substituents is 1. The Hall–Kier alpha value is -2.53. The number of sulfonamides is 1. The quantitative estimate of drug-likeness (QED) is 0.502. The molecule has 160 valence electrons. The number of nitrogens with zero attached hydrogens (tertiary/aromatic N) is 2. The van der Waals surface area contributed by atoms with E-state index in [0.717, 1.165) is 10.5 Å². The van der Waals surface area contributed by atoms with Crippen LogP contribution in [-0.4, -0.2) is 56.3 Å². The maximum absolute atomic E-state index is 12.7. The number of nitro benzene ring substituents is 1. The van der Waals surface area contributed by atoms with E-state index in [0.29, 0.717) is 36.9 Å². The molecule has 1 fully saturated rings. The van der Waals surface area contributed by atoms with Gasteiger partial charge in [-0.25, -0.2) is 8.42 Å². The Morgan fingerprint density at radius 2 is 1.83 bits per heavy atom. The number of hydrogen-bond donors (Lipinski definition) is 2. The Bertz CT molecular complexity index is 1050. The van der Waals surface area contributed by atoms with Crippen LogP contribution < -0.4 is 10.2 Å². The molecule has 0 radical (unpaired) electrons. The summed E-state index contributed by atoms with van der Waals surface area (Å²) >= 11 is 5.82. The molecule has 0 unspecified atom stereocenters. The van der Waals surface area contributed by atoms with E-state index < -0.39 is 14.9 Å². The molecule has 2 N–H and O–H groups in total. The van der Waals surface area contributed by atoms with Crippen LogP contribution in [0.3, 0.4) is 0 Å². The number of quaternary nitrogens is 1. The molecule has 11 heteroatoms. The highest BCUT2D eigenvalue weighted by atomic mass is 35.5. The molecule has 0 aromatic heterocycles. The van der Waals surface area contributed by atoms with Gasteiger partial charge in [0, 0.05) is 17.2 Å². The van der Waals surface area contributed by atoms with E-state index in [1.165, 1.54) is 40.7 Å². The fourth-order valence-corrected chi connectivity index (χ4v) is 4.82. The number of hydrogen-bond acceptors (Lipinski definition) is 5. The van der Waals surface area contributed by atoms with Crippen LogP contribution in [0.25, 0.3) is 0 Å². The number of nitro groups is 1. The molecule has 0 saturated carbocycles. The number of aryl methyl sites for hydroxylation is 1. The average molecular weight is 454 g/mol. The minimum atomic E-state index is -3.60. The monoisotopic (exact) mass is 453 g/mol. The van der Waals surface area contributed by atoms with Gasteiger partial charge in [0.25, 0.3) is 11.6 Å². The van der Waals surface area contributed by atoms with Crippen LogP contribution in [0.5, 0.6) is 0 Å². The van der Waals surface area contributed by atoms with E-state index in [1.807, 2.05) is 0 Å². The van der Waals surface area contributed by atoms with Crippen LogP contribution in [0.2, 0.25) is 5.02 Å². The van der Waals surface area contributed by atoms with Crippen LogP contribution in [-0.2, 0) is 14.8 Å². The molecule has 0 bridgehead atoms. The lowest BCUT2D eigenvalue weighted by Gasteiger charge is -2.31. The predicted octanol–water partition coefficient (Wildman–Crippen LogP) is 1.08. The normalized spacial score (nSPS) is 15.7. The summed E-state index contributed by atoms with van der Waals surface area (Å²) in [5.74, 6) is -0.275. The van der Waals surface area contributed by atoms with Gasteiger partial charge in [-0.2, -0.15) is 4.31 Å². The van der Waals surface area contributed by atoms with Gasteiger partial charge in [-0.3, -0.25) is 14.9 Å². The van der Waals surface area contributed by atoms with Crippen LogP contribution in [0, 0.1) is 17.0 Å². The lowest BCUT2D eigenvalue weighted by molar-refractivity contribution is -0.895. The lowest BCUT2D eigenvalue weighted by atomic mass is 10.2. The van der Waals surface area contributed by atoms with Gasteiger partial charge in [0.1, 0.15) is 0 Å². The standard InChI is InChI=1S/C19H21ClN4O5S/c1-14-2-5-16(24(26)27)12-18(14)21-19(25)13-22-8-10-23(11-9-22)30(28,29)17-6-3-15(20)4-7-17/h2-7,12H,8-11,13H2,1H3,(H,21,25)/p+1. The molecule has 1 heterocycles. The molecule has 0 aliphatic carbocycles. The molecule has 1 saturated heterocycles. The van der Waals surface area contributed by atoms with Crippen molar-refractivity contribution in [3.05, 3.63) is 63.2 Å². The number of piperazine rings is 1. The maximum atomic E-state index is 12.7. The summed E-state index contributed by atoms with van der Waals surface area (Å²) < 4.78 is 26.9. The van der Waals surface area contributed by atoms with Crippen molar-refractivity contribution in [1.29, 1.82) is 0 Å². The van der Waals surface area contributed by atoms with E-state index in [2.05, 4.69) is 5.32 Å². The zero-order valence-corrected chi connectivity index (χ0v) is 17.9. The van der Waals surface area contributed by atoms with Crippen molar-refractivity contribution in [3.8, 4) is 0 Å². The zero-order chi connectivity index (χ0) is 21.9. The van der Waals surface area contributed by atoms with Gasteiger partial charge in [0.05, 0.1) is 41.7 Å². The number of amides is 1. The van der Waals surface area contributed by atoms with Crippen LogP contribution in [0.1, 0.15) is 5.56 Å². The summed E-state index contributed by atoms with van der Waals surface area (Å²) in [6.07, 6.45) is 0. The van der Waals surface area contributed by atoms with Gasteiger partial charge in [-0.15, -0.1) is 0 Å². The second kappa shape index (κ2) is 9.09. The van der Waals surface area contributed by atoms with Crippen LogP contribution in [0.15, 0.2) is 47.4 Å². The SMILES string of the molecule is Cc1ccc([N+](=O)[O-])cc1NC(=O)C[NH+]1CCN(S(=O)(=O)c2ccc(Cl)cc2)CC1. The third-order valence-electron chi connectivity index (χ3n) is 5.00. The van der Waals surface area contributed by atoms with E-state index >= 15 is 0 Å². The van der Waals surface area contributed by atoms with Crippen molar-refractivity contribution in [2.75, 3.05) is 38.0 Å². The molecule has 9 nitrogen and oxygen atoms in total. The topological polar surface area (TPSA) is 114 Å². The Morgan fingerprint density at radius 3 is 2.43 bits per heavy atom. The van der Waals surface area contributed by atoms with E-state index in [4.69, 9.17) is 11.6 Å². The summed E-state index contributed by atoms with van der Waals surface area (Å²) in [6, 6.07) is 10.3. The summed E-state index contributed by atoms with van der Waals surface area (Å²) in [4.78, 5) is 23.9. The Morgan fingerprint density at radius 1 is 1.20 bits per heavy atom. The maximum Gasteiger partial charge on any atom is 0.279 e. The molecule has 2 aromatic carbocycles. The van der Waals surface area contributed by atoms with E-state index in [9.17, 15) is 23.3 Å². The molecular formula is C19H22ClN4O5S+. The largest absolute Gasteiger partial charge is 0.325 e. The van der Waals surface area contributed by atoms with E-state index in [1.54, 1.807) is 13.0 Å². The molecule has 1 aliphatic rings. The molecular weight excluding hydrogens is 432 g/mol. The minimum absolute atomic E-state index is 0.0933. The van der Waals surface area contributed by atoms with E-state index in [-0.39, 0.29) is 23.0 Å². The summed E-state index contributed by atoms with van der Waals surface area (Å²) in [7, 11) is -3.60. The fraction of sp³-hybridized carbons (Fsp3) is 0.316. The molecule has 3 rings (SSSR count). The summed E-state index contributed by atoms with van der Waals surface area (Å²) in [6.45, 7) is 3.46. The smallest absolute Gasteiger partial charge is 0.279 e. The van der Waals surface area contributed by atoms with Crippen molar-refractivity contribution >= 4 is 38.9 Å². The van der Waals surface area contributed by atoms with Crippen molar-refractivity contribution in [1.82, 2.24) is 4.31 Å². The Labute approximate surface area is 179 Å². The number of carbonyl (C=O) groups is 1. The average Bonchev–Trinajstić information content (AvgIpc) is 2.70. The van der Waals surface area contributed by atoms with Crippen molar-refractivity contribution in [2.24, 2.45) is 0 Å². The molecule has 1 aliphatic heterocycles. The molecule has 30 heavy (non-hydrogen) atoms. The van der Waals surface area contributed by atoms with Crippen molar-refractivity contribution in [3.63, 3.8) is 0 Å².